The van der Waals surface area contributed by atoms with Gasteiger partial charge in [-0.2, -0.15) is 0 Å². The highest BCUT2D eigenvalue weighted by atomic mass is 16.1. The summed E-state index contributed by atoms with van der Waals surface area (Å²) in [4.78, 5) is 24.7. The van der Waals surface area contributed by atoms with E-state index in [-0.39, 0.29) is 11.0 Å². The fourth-order valence-electron chi connectivity index (χ4n) is 6.80. The molecule has 3 aliphatic rings. The van der Waals surface area contributed by atoms with E-state index in [1.54, 1.807) is 6.33 Å². The Hall–Kier alpha value is -3.26. The third-order valence-electron chi connectivity index (χ3n) is 8.78. The third-order valence-corrected chi connectivity index (χ3v) is 8.78. The highest BCUT2D eigenvalue weighted by Crippen LogP contribution is 2.51. The SMILES string of the molecule is CC1CC(c2cccc(-n3cc(C4CC4)c4nc(CN5CCCCC5)[nH]c4c3=O)c2)(c2nncn2C)C1. The maximum Gasteiger partial charge on any atom is 0.281 e. The number of benzene rings is 1. The van der Waals surface area contributed by atoms with E-state index in [1.165, 1.54) is 30.4 Å². The number of rotatable bonds is 6. The number of piperidine rings is 1. The van der Waals surface area contributed by atoms with Crippen LogP contribution >= 0.6 is 0 Å². The van der Waals surface area contributed by atoms with Gasteiger partial charge in [0, 0.05) is 24.5 Å². The zero-order chi connectivity index (χ0) is 25.1. The standard InChI is InChI=1S/C29H35N7O/c1-19-14-29(15-19,28-33-30-18-34(28)2)21-7-6-8-22(13-21)36-16-23(20-9-10-20)25-26(27(36)37)32-24(31-25)17-35-11-4-3-5-12-35/h6-8,13,16,18-20H,3-5,9-12,14-15,17H2,1-2H3,(H,31,32). The number of nitrogens with zero attached hydrogens (tertiary/aromatic N) is 6. The van der Waals surface area contributed by atoms with Crippen LogP contribution in [0.5, 0.6) is 0 Å². The Morgan fingerprint density at radius 1 is 1.14 bits per heavy atom. The summed E-state index contributed by atoms with van der Waals surface area (Å²) in [6.45, 7) is 5.29. The van der Waals surface area contributed by atoms with Gasteiger partial charge in [-0.25, -0.2) is 4.98 Å². The van der Waals surface area contributed by atoms with Crippen LogP contribution in [0.4, 0.5) is 0 Å². The molecule has 0 bridgehead atoms. The number of hydrogen-bond acceptors (Lipinski definition) is 5. The third kappa shape index (κ3) is 3.84. The molecule has 37 heavy (non-hydrogen) atoms. The van der Waals surface area contributed by atoms with Crippen LogP contribution in [0.25, 0.3) is 16.7 Å². The molecule has 192 valence electrons. The van der Waals surface area contributed by atoms with E-state index < -0.39 is 0 Å². The van der Waals surface area contributed by atoms with Gasteiger partial charge in [-0.1, -0.05) is 25.5 Å². The smallest absolute Gasteiger partial charge is 0.281 e. The second kappa shape index (κ2) is 8.65. The van der Waals surface area contributed by atoms with E-state index in [4.69, 9.17) is 4.98 Å². The molecule has 0 spiro atoms. The molecule has 0 unspecified atom stereocenters. The minimum absolute atomic E-state index is 0.0244. The topological polar surface area (TPSA) is 84.6 Å². The zero-order valence-corrected chi connectivity index (χ0v) is 21.8. The van der Waals surface area contributed by atoms with Crippen LogP contribution in [0.3, 0.4) is 0 Å². The molecule has 1 N–H and O–H groups in total. The Labute approximate surface area is 216 Å². The highest BCUT2D eigenvalue weighted by molar-refractivity contribution is 5.79. The predicted octanol–water partition coefficient (Wildman–Crippen LogP) is 4.42. The van der Waals surface area contributed by atoms with Crippen LogP contribution < -0.4 is 5.56 Å². The lowest BCUT2D eigenvalue weighted by Gasteiger charge is -2.46. The second-order valence-corrected chi connectivity index (χ2v) is 11.7. The van der Waals surface area contributed by atoms with Crippen molar-refractivity contribution < 1.29 is 0 Å². The molecule has 1 aromatic carbocycles. The van der Waals surface area contributed by atoms with Gasteiger partial charge in [0.2, 0.25) is 0 Å². The molecule has 2 aliphatic carbocycles. The number of pyridine rings is 1. The first-order valence-electron chi connectivity index (χ1n) is 13.8. The van der Waals surface area contributed by atoms with Gasteiger partial charge in [-0.15, -0.1) is 10.2 Å². The van der Waals surface area contributed by atoms with Gasteiger partial charge in [0.25, 0.3) is 5.56 Å². The Morgan fingerprint density at radius 3 is 2.65 bits per heavy atom. The van der Waals surface area contributed by atoms with Crippen molar-refractivity contribution in [3.8, 4) is 5.69 Å². The molecule has 7 rings (SSSR count). The fourth-order valence-corrected chi connectivity index (χ4v) is 6.80. The molecule has 1 saturated heterocycles. The lowest BCUT2D eigenvalue weighted by Crippen LogP contribution is -2.43. The van der Waals surface area contributed by atoms with Gasteiger partial charge in [0.1, 0.15) is 23.5 Å². The molecular weight excluding hydrogens is 462 g/mol. The molecule has 8 heteroatoms. The summed E-state index contributed by atoms with van der Waals surface area (Å²) in [5, 5.41) is 8.68. The Bertz CT molecular complexity index is 1510. The maximum atomic E-state index is 13.9. The Morgan fingerprint density at radius 2 is 1.95 bits per heavy atom. The molecule has 3 fully saturated rings. The summed E-state index contributed by atoms with van der Waals surface area (Å²) in [5.74, 6) is 3.03. The van der Waals surface area contributed by atoms with Crippen molar-refractivity contribution in [1.82, 2.24) is 34.2 Å². The number of nitrogens with one attached hydrogen (secondary N) is 1. The largest absolute Gasteiger partial charge is 0.336 e. The van der Waals surface area contributed by atoms with E-state index in [0.717, 1.165) is 68.2 Å². The number of aromatic amines is 1. The first-order valence-corrected chi connectivity index (χ1v) is 13.8. The van der Waals surface area contributed by atoms with Crippen LogP contribution in [0.15, 0.2) is 41.6 Å². The molecule has 1 aliphatic heterocycles. The molecule has 8 nitrogen and oxygen atoms in total. The van der Waals surface area contributed by atoms with E-state index in [2.05, 4.69) is 51.4 Å². The van der Waals surface area contributed by atoms with Crippen LogP contribution in [0, 0.1) is 5.92 Å². The number of fused-ring (bicyclic) bond motifs is 1. The van der Waals surface area contributed by atoms with Crippen molar-refractivity contribution in [2.45, 2.75) is 69.7 Å². The van der Waals surface area contributed by atoms with Gasteiger partial charge in [0.05, 0.1) is 17.5 Å². The summed E-state index contributed by atoms with van der Waals surface area (Å²) in [7, 11) is 2.02. The van der Waals surface area contributed by atoms with Gasteiger partial charge in [-0.05, 0) is 81.1 Å². The van der Waals surface area contributed by atoms with Crippen molar-refractivity contribution in [3.05, 3.63) is 69.9 Å². The van der Waals surface area contributed by atoms with E-state index in [1.807, 2.05) is 22.2 Å². The molecule has 0 amide bonds. The lowest BCUT2D eigenvalue weighted by atomic mass is 9.58. The number of aryl methyl sites for hydroxylation is 1. The van der Waals surface area contributed by atoms with Crippen molar-refractivity contribution in [3.63, 3.8) is 0 Å². The average Bonchev–Trinajstić information content (AvgIpc) is 3.50. The van der Waals surface area contributed by atoms with Gasteiger partial charge in [0.15, 0.2) is 0 Å². The first kappa shape index (κ1) is 22.9. The summed E-state index contributed by atoms with van der Waals surface area (Å²) in [6.07, 6.45) is 12.0. The van der Waals surface area contributed by atoms with Crippen molar-refractivity contribution in [1.29, 1.82) is 0 Å². The number of imidazole rings is 1. The maximum absolute atomic E-state index is 13.9. The summed E-state index contributed by atoms with van der Waals surface area (Å²) >= 11 is 0. The molecule has 2 saturated carbocycles. The molecule has 0 radical (unpaired) electrons. The molecule has 4 aromatic rings. The van der Waals surface area contributed by atoms with Crippen molar-refractivity contribution >= 4 is 11.0 Å². The zero-order valence-electron chi connectivity index (χ0n) is 21.8. The number of H-pyrrole nitrogens is 1. The van der Waals surface area contributed by atoms with Crippen molar-refractivity contribution in [2.24, 2.45) is 13.0 Å². The van der Waals surface area contributed by atoms with Gasteiger partial charge < -0.3 is 9.55 Å². The minimum atomic E-state index is -0.163. The monoisotopic (exact) mass is 497 g/mol. The average molecular weight is 498 g/mol. The fraction of sp³-hybridized carbons (Fsp3) is 0.517. The molecule has 4 heterocycles. The van der Waals surface area contributed by atoms with E-state index in [9.17, 15) is 4.79 Å². The first-order chi connectivity index (χ1) is 18.0. The van der Waals surface area contributed by atoms with E-state index >= 15 is 0 Å². The Kier molecular flexibility index (Phi) is 5.36. The van der Waals surface area contributed by atoms with Crippen molar-refractivity contribution in [2.75, 3.05) is 13.1 Å². The predicted molar refractivity (Wildman–Crippen MR) is 143 cm³/mol. The highest BCUT2D eigenvalue weighted by Gasteiger charge is 2.48. The Balaban J connectivity index is 1.31. The minimum Gasteiger partial charge on any atom is -0.336 e. The van der Waals surface area contributed by atoms with E-state index in [0.29, 0.717) is 17.4 Å². The molecule has 0 atom stereocenters. The normalized spacial score (nSPS) is 24.4. The quantitative estimate of drug-likeness (QED) is 0.426. The van der Waals surface area contributed by atoms with Crippen LogP contribution in [0.2, 0.25) is 0 Å². The lowest BCUT2D eigenvalue weighted by molar-refractivity contribution is 0.185. The molecule has 3 aromatic heterocycles. The van der Waals surface area contributed by atoms with Gasteiger partial charge >= 0.3 is 0 Å². The number of likely N-dealkylation sites (tertiary alicyclic amines) is 1. The summed E-state index contributed by atoms with van der Waals surface area (Å²) < 4.78 is 3.88. The van der Waals surface area contributed by atoms with Gasteiger partial charge in [-0.3, -0.25) is 14.3 Å². The number of hydrogen-bond donors (Lipinski definition) is 1. The summed E-state index contributed by atoms with van der Waals surface area (Å²) in [6, 6.07) is 8.50. The van der Waals surface area contributed by atoms with Crippen LogP contribution in [-0.4, -0.2) is 47.3 Å². The second-order valence-electron chi connectivity index (χ2n) is 11.7. The molecular formula is C29H35N7O. The van der Waals surface area contributed by atoms with Crippen LogP contribution in [-0.2, 0) is 19.0 Å². The summed E-state index contributed by atoms with van der Waals surface area (Å²) in [5.41, 5.74) is 4.63. The number of aromatic nitrogens is 6. The van der Waals surface area contributed by atoms with Crippen LogP contribution in [0.1, 0.15) is 80.6 Å².